The molecule has 3 N–H and O–H groups in total. The van der Waals surface area contributed by atoms with Crippen LogP contribution in [0.3, 0.4) is 0 Å². The molecule has 0 saturated carbocycles. The number of hydrogen-bond acceptors (Lipinski definition) is 6. The van der Waals surface area contributed by atoms with Crippen LogP contribution in [0.2, 0.25) is 0 Å². The molecule has 1 aliphatic heterocycles. The lowest BCUT2D eigenvalue weighted by Gasteiger charge is -2.25. The van der Waals surface area contributed by atoms with Gasteiger partial charge in [0, 0.05) is 45.4 Å². The van der Waals surface area contributed by atoms with Crippen LogP contribution in [0.1, 0.15) is 37.8 Å². The monoisotopic (exact) mass is 400 g/mol. The molecule has 1 unspecified atom stereocenters. The van der Waals surface area contributed by atoms with E-state index in [-0.39, 0.29) is 0 Å². The number of guanidine groups is 1. The third kappa shape index (κ3) is 6.70. The molecule has 0 spiro atoms. The van der Waals surface area contributed by atoms with Crippen LogP contribution >= 0.6 is 0 Å². The van der Waals surface area contributed by atoms with Crippen molar-refractivity contribution in [2.24, 2.45) is 4.99 Å². The Kier molecular flexibility index (Phi) is 8.24. The number of unbranched alkanes of at least 4 members (excludes halogenated alkanes) is 1. The molecule has 0 fully saturated rings. The Labute approximate surface area is 172 Å². The quantitative estimate of drug-likeness (QED) is 0.316. The molecule has 0 radical (unpaired) electrons. The largest absolute Gasteiger partial charge is 0.377 e. The van der Waals surface area contributed by atoms with E-state index in [1.54, 1.807) is 13.3 Å². The molecule has 0 amide bonds. The number of hydrogen-bond donors (Lipinski definition) is 3. The predicted molar refractivity (Wildman–Crippen MR) is 114 cm³/mol. The van der Waals surface area contributed by atoms with E-state index in [0.717, 1.165) is 75.3 Å². The summed E-state index contributed by atoms with van der Waals surface area (Å²) in [7, 11) is 1.66. The van der Waals surface area contributed by atoms with Crippen LogP contribution in [0.15, 0.2) is 29.4 Å². The number of rotatable bonds is 10. The van der Waals surface area contributed by atoms with Crippen LogP contribution in [-0.2, 0) is 24.3 Å². The lowest BCUT2D eigenvalue weighted by atomic mass is 10.1. The average Bonchev–Trinajstić information content (AvgIpc) is 3.13. The number of aromatic nitrogens is 4. The molecule has 9 nitrogen and oxygen atoms in total. The van der Waals surface area contributed by atoms with Gasteiger partial charge in [0.05, 0.1) is 6.54 Å². The van der Waals surface area contributed by atoms with Crippen molar-refractivity contribution in [1.29, 1.82) is 0 Å². The second-order valence-electron chi connectivity index (χ2n) is 7.05. The van der Waals surface area contributed by atoms with E-state index in [1.807, 2.05) is 22.9 Å². The lowest BCUT2D eigenvalue weighted by Crippen LogP contribution is -2.47. The first-order valence-corrected chi connectivity index (χ1v) is 10.4. The highest BCUT2D eigenvalue weighted by molar-refractivity contribution is 5.80. The van der Waals surface area contributed by atoms with Gasteiger partial charge in [0.1, 0.15) is 18.2 Å². The Balaban J connectivity index is 1.41. The number of fused-ring (bicyclic) bond motifs is 1. The van der Waals surface area contributed by atoms with Crippen molar-refractivity contribution in [3.63, 3.8) is 0 Å². The first-order chi connectivity index (χ1) is 14.3. The van der Waals surface area contributed by atoms with E-state index in [0.29, 0.717) is 12.6 Å². The molecule has 2 aromatic rings. The fourth-order valence-corrected chi connectivity index (χ4v) is 3.29. The van der Waals surface area contributed by atoms with E-state index in [9.17, 15) is 0 Å². The summed E-state index contributed by atoms with van der Waals surface area (Å²) in [6.45, 7) is 5.87. The van der Waals surface area contributed by atoms with Gasteiger partial charge >= 0.3 is 0 Å². The second kappa shape index (κ2) is 11.4. The van der Waals surface area contributed by atoms with Crippen LogP contribution in [-0.4, -0.2) is 58.5 Å². The topological polar surface area (TPSA) is 101 Å². The third-order valence-electron chi connectivity index (χ3n) is 4.69. The first-order valence-electron chi connectivity index (χ1n) is 10.4. The molecular formula is C20H32N8O. The summed E-state index contributed by atoms with van der Waals surface area (Å²) in [6.07, 6.45) is 5.80. The fraction of sp³-hybridized carbons (Fsp3) is 0.600. The summed E-state index contributed by atoms with van der Waals surface area (Å²) in [5, 5.41) is 14.8. The van der Waals surface area contributed by atoms with Gasteiger partial charge in [-0.3, -0.25) is 4.99 Å². The summed E-state index contributed by atoms with van der Waals surface area (Å²) in [5.41, 5.74) is 0. The maximum absolute atomic E-state index is 5.14. The molecule has 1 atom stereocenters. The van der Waals surface area contributed by atoms with Crippen molar-refractivity contribution in [2.75, 3.05) is 32.1 Å². The Morgan fingerprint density at radius 3 is 3.07 bits per heavy atom. The zero-order valence-electron chi connectivity index (χ0n) is 17.4. The summed E-state index contributed by atoms with van der Waals surface area (Å²) in [4.78, 5) is 13.5. The Morgan fingerprint density at radius 1 is 1.34 bits per heavy atom. The van der Waals surface area contributed by atoms with Gasteiger partial charge in [-0.25, -0.2) is 14.6 Å². The lowest BCUT2D eigenvalue weighted by molar-refractivity contribution is 0.177. The number of methoxy groups -OCH3 is 1. The highest BCUT2D eigenvalue weighted by atomic mass is 16.5. The van der Waals surface area contributed by atoms with Gasteiger partial charge in [0.25, 0.3) is 0 Å². The van der Waals surface area contributed by atoms with Crippen molar-refractivity contribution in [1.82, 2.24) is 30.4 Å². The van der Waals surface area contributed by atoms with E-state index in [1.165, 1.54) is 0 Å². The maximum atomic E-state index is 5.14. The minimum absolute atomic E-state index is 0.295. The predicted octanol–water partition coefficient (Wildman–Crippen LogP) is 1.58. The molecule has 0 saturated heterocycles. The standard InChI is InChI=1S/C20H32N8O/c1-3-21-20(24-13-7-6-12-23-17-8-4-5-11-22-17)25-16-9-10-19-26-18(15-29-2)27-28(19)14-16/h4-5,8,11,16H,3,6-7,9-10,12-15H2,1-2H3,(H,22,23)(H2,21,24,25). The van der Waals surface area contributed by atoms with Crippen molar-refractivity contribution >= 4 is 11.8 Å². The molecule has 3 heterocycles. The van der Waals surface area contributed by atoms with Crippen molar-refractivity contribution in [2.45, 2.75) is 51.8 Å². The average molecular weight is 401 g/mol. The minimum atomic E-state index is 0.295. The SMILES string of the molecule is CCNC(=NCCCCNc1ccccn1)NC1CCc2nc(COC)nn2C1. The molecule has 0 aromatic carbocycles. The van der Waals surface area contributed by atoms with Crippen LogP contribution < -0.4 is 16.0 Å². The Bertz CT molecular complexity index is 761. The smallest absolute Gasteiger partial charge is 0.191 e. The molecule has 0 aliphatic carbocycles. The van der Waals surface area contributed by atoms with Crippen LogP contribution in [0.5, 0.6) is 0 Å². The van der Waals surface area contributed by atoms with Gasteiger partial charge in [-0.15, -0.1) is 0 Å². The van der Waals surface area contributed by atoms with Gasteiger partial charge in [-0.2, -0.15) is 5.10 Å². The van der Waals surface area contributed by atoms with E-state index < -0.39 is 0 Å². The molecule has 1 aliphatic rings. The highest BCUT2D eigenvalue weighted by Gasteiger charge is 2.22. The number of aryl methyl sites for hydroxylation is 1. The summed E-state index contributed by atoms with van der Waals surface area (Å²) in [6, 6.07) is 6.18. The van der Waals surface area contributed by atoms with Crippen molar-refractivity contribution in [3.05, 3.63) is 36.0 Å². The van der Waals surface area contributed by atoms with Crippen LogP contribution in [0.25, 0.3) is 0 Å². The zero-order valence-corrected chi connectivity index (χ0v) is 17.4. The van der Waals surface area contributed by atoms with Crippen molar-refractivity contribution < 1.29 is 4.74 Å². The molecule has 9 heteroatoms. The molecule has 0 bridgehead atoms. The molecule has 3 rings (SSSR count). The zero-order chi connectivity index (χ0) is 20.3. The number of nitrogens with one attached hydrogen (secondary N) is 3. The summed E-state index contributed by atoms with van der Waals surface area (Å²) >= 11 is 0. The van der Waals surface area contributed by atoms with Crippen LogP contribution in [0.4, 0.5) is 5.82 Å². The molecule has 29 heavy (non-hydrogen) atoms. The van der Waals surface area contributed by atoms with Gasteiger partial charge in [-0.1, -0.05) is 6.07 Å². The van der Waals surface area contributed by atoms with E-state index >= 15 is 0 Å². The van der Waals surface area contributed by atoms with Gasteiger partial charge in [-0.05, 0) is 38.3 Å². The van der Waals surface area contributed by atoms with Gasteiger partial charge in [0.2, 0.25) is 0 Å². The van der Waals surface area contributed by atoms with Crippen molar-refractivity contribution in [3.8, 4) is 0 Å². The number of ether oxygens (including phenoxy) is 1. The number of nitrogens with zero attached hydrogens (tertiary/aromatic N) is 5. The summed E-state index contributed by atoms with van der Waals surface area (Å²) in [5.74, 6) is 3.58. The highest BCUT2D eigenvalue weighted by Crippen LogP contribution is 2.13. The molecule has 2 aromatic heterocycles. The normalized spacial score (nSPS) is 16.3. The first kappa shape index (κ1) is 21.0. The Hall–Kier alpha value is -2.68. The second-order valence-corrected chi connectivity index (χ2v) is 7.05. The third-order valence-corrected chi connectivity index (χ3v) is 4.69. The minimum Gasteiger partial charge on any atom is -0.377 e. The fourth-order valence-electron chi connectivity index (χ4n) is 3.29. The molecular weight excluding hydrogens is 368 g/mol. The summed E-state index contributed by atoms with van der Waals surface area (Å²) < 4.78 is 7.12. The molecule has 158 valence electrons. The number of pyridine rings is 1. The number of anilines is 1. The van der Waals surface area contributed by atoms with Gasteiger partial charge < -0.3 is 20.7 Å². The van der Waals surface area contributed by atoms with E-state index in [4.69, 9.17) is 9.73 Å². The Morgan fingerprint density at radius 2 is 2.28 bits per heavy atom. The van der Waals surface area contributed by atoms with E-state index in [2.05, 4.69) is 37.9 Å². The van der Waals surface area contributed by atoms with Gasteiger partial charge in [0.15, 0.2) is 11.8 Å². The number of aliphatic imine (C=N–C) groups is 1. The maximum Gasteiger partial charge on any atom is 0.191 e. The van der Waals surface area contributed by atoms with Crippen LogP contribution in [0, 0.1) is 0 Å².